The molecule has 0 aliphatic carbocycles. The van der Waals surface area contributed by atoms with Gasteiger partial charge in [-0.3, -0.25) is 0 Å². The van der Waals surface area contributed by atoms with Crippen molar-refractivity contribution in [3.05, 3.63) is 0 Å². The highest BCUT2D eigenvalue weighted by atomic mass is 31.2. The van der Waals surface area contributed by atoms with E-state index < -0.39 is 61.6 Å². The lowest BCUT2D eigenvalue weighted by Gasteiger charge is -2.44. The van der Waals surface area contributed by atoms with Crippen LogP contribution in [0.1, 0.15) is 6.92 Å². The van der Waals surface area contributed by atoms with Crippen molar-refractivity contribution in [3.63, 3.8) is 0 Å². The monoisotopic (exact) mass is 527 g/mol. The summed E-state index contributed by atoms with van der Waals surface area (Å²) in [5.74, 6) is -51.6. The first-order valence-electron chi connectivity index (χ1n) is 6.73. The molecule has 188 valence electrons. The first-order chi connectivity index (χ1) is 13.1. The van der Waals surface area contributed by atoms with Crippen molar-refractivity contribution in [1.29, 1.82) is 0 Å². The van der Waals surface area contributed by atoms with E-state index in [-0.39, 0.29) is 0 Å². The second kappa shape index (κ2) is 7.50. The molecular weight excluding hydrogens is 522 g/mol. The molecule has 0 saturated carbocycles. The molecule has 0 aliphatic rings. The smallest absolute Gasteiger partial charge is 0.460 e. The summed E-state index contributed by atoms with van der Waals surface area (Å²) in [6, 6.07) is 0. The average molecular weight is 527 g/mol. The van der Waals surface area contributed by atoms with Gasteiger partial charge in [0.2, 0.25) is 7.60 Å². The molecule has 1 atom stereocenters. The predicted octanol–water partition coefficient (Wildman–Crippen LogP) is 5.54. The van der Waals surface area contributed by atoms with E-state index >= 15 is 0 Å². The maximum Gasteiger partial charge on any atom is 0.460 e. The molecule has 0 amide bonds. The van der Waals surface area contributed by atoms with E-state index in [9.17, 15) is 84.1 Å². The third-order valence-electron chi connectivity index (χ3n) is 3.35. The Bertz CT molecular complexity index is 711. The second-order valence-electron chi connectivity index (χ2n) is 5.40. The third-order valence-corrected chi connectivity index (χ3v) is 4.92. The van der Waals surface area contributed by atoms with E-state index in [0.717, 1.165) is 0 Å². The van der Waals surface area contributed by atoms with Gasteiger partial charge in [0.05, 0.1) is 6.61 Å². The van der Waals surface area contributed by atoms with Crippen molar-refractivity contribution >= 4 is 7.60 Å². The van der Waals surface area contributed by atoms with Crippen LogP contribution in [0, 0.1) is 0 Å². The Morgan fingerprint density at radius 3 is 1.10 bits per heavy atom. The minimum atomic E-state index is -8.84. The normalized spacial score (nSPS) is 18.2. The van der Waals surface area contributed by atoms with E-state index in [1.54, 1.807) is 0 Å². The van der Waals surface area contributed by atoms with Crippen LogP contribution in [-0.2, 0) is 9.09 Å². The number of hydrogen-bond acceptors (Lipinski definition) is 3. The molecule has 31 heavy (non-hydrogen) atoms. The summed E-state index contributed by atoms with van der Waals surface area (Å²) in [6.07, 6.45) is -7.86. The fraction of sp³-hybridized carbons (Fsp3) is 1.00. The minimum Gasteiger partial charge on any atom is -0.774 e. The van der Waals surface area contributed by atoms with Gasteiger partial charge in [0.1, 0.15) is 0 Å². The summed E-state index contributed by atoms with van der Waals surface area (Å²) in [5.41, 5.74) is -7.58. The van der Waals surface area contributed by atoms with Gasteiger partial charge in [0.25, 0.3) is 0 Å². The average Bonchev–Trinajstić information content (AvgIpc) is 2.52. The largest absolute Gasteiger partial charge is 0.774 e. The highest BCUT2D eigenvalue weighted by molar-refractivity contribution is 7.52. The Hall–Kier alpha value is -1.04. The number of alkyl halides is 17. The van der Waals surface area contributed by atoms with Crippen molar-refractivity contribution < 1.29 is 88.6 Å². The molecule has 0 N–H and O–H groups in total. The topological polar surface area (TPSA) is 49.4 Å². The molecule has 0 rings (SSSR count). The lowest BCUT2D eigenvalue weighted by atomic mass is 9.91. The number of hydrogen-bond donors (Lipinski definition) is 0. The van der Waals surface area contributed by atoms with Crippen LogP contribution in [0.3, 0.4) is 0 Å². The first-order valence-corrected chi connectivity index (χ1v) is 8.27. The minimum absolute atomic E-state index is 0.416. The SMILES string of the molecule is CCOP(=O)([O-])C(F)(F)C(F)(F)C(F)(F)C(F)(F)C(F)(F)C(F)(F)C(F)(F)C(F)(F)F. The first kappa shape index (κ1) is 30.0. The zero-order valence-corrected chi connectivity index (χ0v) is 14.7. The molecular formula is C10H5F17O3P-. The van der Waals surface area contributed by atoms with Crippen molar-refractivity contribution in [2.45, 2.75) is 54.3 Å². The zero-order valence-electron chi connectivity index (χ0n) is 13.8. The van der Waals surface area contributed by atoms with Crippen LogP contribution in [0.2, 0.25) is 0 Å². The fourth-order valence-corrected chi connectivity index (χ4v) is 2.57. The number of halogens is 17. The van der Waals surface area contributed by atoms with E-state index in [1.807, 2.05) is 0 Å². The molecule has 0 aliphatic heterocycles. The Morgan fingerprint density at radius 1 is 0.581 bits per heavy atom. The Morgan fingerprint density at radius 2 is 0.839 bits per heavy atom. The molecule has 0 fully saturated rings. The Balaban J connectivity index is 6.87. The molecule has 0 radical (unpaired) electrons. The highest BCUT2D eigenvalue weighted by Crippen LogP contribution is 2.69. The van der Waals surface area contributed by atoms with E-state index in [1.165, 1.54) is 0 Å². The van der Waals surface area contributed by atoms with Crippen LogP contribution >= 0.6 is 7.60 Å². The van der Waals surface area contributed by atoms with E-state index in [2.05, 4.69) is 4.52 Å². The van der Waals surface area contributed by atoms with Crippen molar-refractivity contribution in [3.8, 4) is 0 Å². The Labute approximate surface area is 158 Å². The lowest BCUT2D eigenvalue weighted by molar-refractivity contribution is -0.459. The van der Waals surface area contributed by atoms with Gasteiger partial charge < -0.3 is 14.0 Å². The van der Waals surface area contributed by atoms with Crippen LogP contribution in [0.25, 0.3) is 0 Å². The Kier molecular flexibility index (Phi) is 7.24. The summed E-state index contributed by atoms with van der Waals surface area (Å²) in [5, 5.41) is 0. The van der Waals surface area contributed by atoms with Gasteiger partial charge in [0, 0.05) is 0 Å². The molecule has 0 heterocycles. The number of rotatable bonds is 9. The second-order valence-corrected chi connectivity index (χ2v) is 7.22. The maximum absolute atomic E-state index is 13.3. The van der Waals surface area contributed by atoms with Crippen molar-refractivity contribution in [2.24, 2.45) is 0 Å². The zero-order chi connectivity index (χ0) is 25.9. The maximum atomic E-state index is 13.3. The van der Waals surface area contributed by atoms with Crippen molar-refractivity contribution in [1.82, 2.24) is 0 Å². The quantitative estimate of drug-likeness (QED) is 0.292. The summed E-state index contributed by atoms with van der Waals surface area (Å²) in [7, 11) is -7.74. The molecule has 0 aromatic heterocycles. The molecule has 0 bridgehead atoms. The van der Waals surface area contributed by atoms with Gasteiger partial charge in [-0.15, -0.1) is 0 Å². The van der Waals surface area contributed by atoms with E-state index in [0.29, 0.717) is 6.92 Å². The summed E-state index contributed by atoms with van der Waals surface area (Å²) >= 11 is 0. The van der Waals surface area contributed by atoms with Crippen LogP contribution in [0.4, 0.5) is 74.6 Å². The molecule has 0 aromatic rings. The summed E-state index contributed by atoms with van der Waals surface area (Å²) in [6.45, 7) is -1.15. The summed E-state index contributed by atoms with van der Waals surface area (Å²) < 4.78 is 233. The summed E-state index contributed by atoms with van der Waals surface area (Å²) in [4.78, 5) is 10.8. The van der Waals surface area contributed by atoms with Gasteiger partial charge in [-0.2, -0.15) is 74.6 Å². The van der Waals surface area contributed by atoms with Crippen LogP contribution in [-0.4, -0.2) is 54.0 Å². The molecule has 21 heteroatoms. The van der Waals surface area contributed by atoms with Gasteiger partial charge in [-0.05, 0) is 6.92 Å². The standard InChI is InChI=1S/C10H6F17O3P/c1-2-30-31(28,29)10(26,27)8(21,22)6(17,18)4(13,14)3(11,12)5(15,16)7(19,20)9(23,24)25/h2H2,1H3,(H,28,29)/p-1. The molecule has 0 saturated heterocycles. The highest BCUT2D eigenvalue weighted by Gasteiger charge is 2.95. The molecule has 1 unspecified atom stereocenters. The fourth-order valence-electron chi connectivity index (χ4n) is 1.58. The van der Waals surface area contributed by atoms with Crippen LogP contribution in [0.15, 0.2) is 0 Å². The van der Waals surface area contributed by atoms with E-state index in [4.69, 9.17) is 0 Å². The molecule has 0 spiro atoms. The van der Waals surface area contributed by atoms with Gasteiger partial charge in [-0.1, -0.05) is 0 Å². The van der Waals surface area contributed by atoms with Gasteiger partial charge >= 0.3 is 47.4 Å². The third kappa shape index (κ3) is 3.75. The van der Waals surface area contributed by atoms with Crippen LogP contribution < -0.4 is 4.89 Å². The van der Waals surface area contributed by atoms with Gasteiger partial charge in [0.15, 0.2) is 0 Å². The predicted molar refractivity (Wildman–Crippen MR) is 59.9 cm³/mol. The lowest BCUT2D eigenvalue weighted by Crippen LogP contribution is -2.74. The molecule has 0 aromatic carbocycles. The van der Waals surface area contributed by atoms with Crippen LogP contribution in [0.5, 0.6) is 0 Å². The molecule has 3 nitrogen and oxygen atoms in total. The van der Waals surface area contributed by atoms with Gasteiger partial charge in [-0.25, -0.2) is 0 Å². The van der Waals surface area contributed by atoms with Crippen molar-refractivity contribution in [2.75, 3.05) is 6.61 Å².